The van der Waals surface area contributed by atoms with Crippen LogP contribution in [0.25, 0.3) is 0 Å². The standard InChI is InChI=1S/C14H20N2O2S.C9H17N/c1-4-8-13(3)12-16(11-5-2)19(17,18)14-9-6-7-10-15-14;1-4-6-9(3)8-10-7-5-2/h4-7,9-10,13H,1-2,8,11-12H2,3H3;4-5,9-10H,1-2,6-8H2,3H3. The third-order valence-corrected chi connectivity index (χ3v) is 5.76. The highest BCUT2D eigenvalue weighted by molar-refractivity contribution is 7.89. The molecule has 0 aliphatic heterocycles. The van der Waals surface area contributed by atoms with Crippen LogP contribution in [0.15, 0.2) is 80.0 Å². The van der Waals surface area contributed by atoms with Crippen molar-refractivity contribution in [3.8, 4) is 0 Å². The van der Waals surface area contributed by atoms with Crippen molar-refractivity contribution in [1.29, 1.82) is 0 Å². The molecule has 0 aliphatic rings. The Bertz CT molecular complexity index is 702. The average molecular weight is 420 g/mol. The van der Waals surface area contributed by atoms with E-state index in [4.69, 9.17) is 0 Å². The third kappa shape index (κ3) is 11.5. The number of pyridine rings is 1. The molecule has 0 radical (unpaired) electrons. The van der Waals surface area contributed by atoms with E-state index in [0.29, 0.717) is 12.5 Å². The van der Waals surface area contributed by atoms with E-state index >= 15 is 0 Å². The van der Waals surface area contributed by atoms with Crippen LogP contribution < -0.4 is 5.32 Å². The van der Waals surface area contributed by atoms with Gasteiger partial charge in [0.05, 0.1) is 0 Å². The van der Waals surface area contributed by atoms with Crippen LogP contribution in [0.2, 0.25) is 0 Å². The number of aromatic nitrogens is 1. The van der Waals surface area contributed by atoms with E-state index in [9.17, 15) is 8.42 Å². The zero-order valence-electron chi connectivity index (χ0n) is 18.0. The summed E-state index contributed by atoms with van der Waals surface area (Å²) in [5.41, 5.74) is 0. The van der Waals surface area contributed by atoms with Crippen molar-refractivity contribution < 1.29 is 8.42 Å². The van der Waals surface area contributed by atoms with E-state index in [0.717, 1.165) is 25.9 Å². The lowest BCUT2D eigenvalue weighted by atomic mass is 10.1. The van der Waals surface area contributed by atoms with Gasteiger partial charge in [0.25, 0.3) is 10.0 Å². The van der Waals surface area contributed by atoms with Gasteiger partial charge in [-0.2, -0.15) is 4.31 Å². The number of hydrogen-bond acceptors (Lipinski definition) is 4. The van der Waals surface area contributed by atoms with Gasteiger partial charge in [0.2, 0.25) is 0 Å². The fourth-order valence-corrected chi connectivity index (χ4v) is 4.01. The van der Waals surface area contributed by atoms with Crippen LogP contribution in [0.5, 0.6) is 0 Å². The Morgan fingerprint density at radius 1 is 1.03 bits per heavy atom. The second kappa shape index (κ2) is 15.9. The van der Waals surface area contributed by atoms with Gasteiger partial charge in [-0.1, -0.05) is 44.2 Å². The SMILES string of the molecule is C=CCC(C)CN(CC=C)S(=O)(=O)c1ccccn1.C=CCNCC(C)CC=C. The zero-order valence-corrected chi connectivity index (χ0v) is 18.8. The molecule has 0 bridgehead atoms. The van der Waals surface area contributed by atoms with E-state index in [1.165, 1.54) is 16.6 Å². The summed E-state index contributed by atoms with van der Waals surface area (Å²) in [6.07, 6.45) is 10.5. The first kappa shape index (κ1) is 27.0. The fourth-order valence-electron chi connectivity index (χ4n) is 2.55. The summed E-state index contributed by atoms with van der Waals surface area (Å²) in [6.45, 7) is 21.5. The van der Waals surface area contributed by atoms with Crippen LogP contribution in [0.4, 0.5) is 0 Å². The smallest absolute Gasteiger partial charge is 0.260 e. The molecule has 162 valence electrons. The second-order valence-corrected chi connectivity index (χ2v) is 8.87. The zero-order chi connectivity index (χ0) is 22.1. The Kier molecular flexibility index (Phi) is 14.7. The van der Waals surface area contributed by atoms with Gasteiger partial charge in [-0.15, -0.1) is 26.3 Å². The van der Waals surface area contributed by atoms with Crippen LogP contribution in [-0.4, -0.2) is 43.9 Å². The highest BCUT2D eigenvalue weighted by atomic mass is 32.2. The highest BCUT2D eigenvalue weighted by Crippen LogP contribution is 2.16. The Morgan fingerprint density at radius 3 is 2.21 bits per heavy atom. The maximum atomic E-state index is 12.5. The van der Waals surface area contributed by atoms with Gasteiger partial charge in [0.15, 0.2) is 5.03 Å². The van der Waals surface area contributed by atoms with Crippen LogP contribution in [0.3, 0.4) is 0 Å². The minimum atomic E-state index is -3.56. The highest BCUT2D eigenvalue weighted by Gasteiger charge is 2.25. The van der Waals surface area contributed by atoms with E-state index in [-0.39, 0.29) is 17.5 Å². The number of sulfonamides is 1. The van der Waals surface area contributed by atoms with Crippen LogP contribution in [0.1, 0.15) is 26.7 Å². The summed E-state index contributed by atoms with van der Waals surface area (Å²) in [5.74, 6) is 0.897. The minimum Gasteiger partial charge on any atom is -0.313 e. The molecule has 2 unspecified atom stereocenters. The third-order valence-electron chi connectivity index (χ3n) is 4.01. The molecule has 1 aromatic rings. The Hall–Kier alpha value is -2.02. The fraction of sp³-hybridized carbons (Fsp3) is 0.435. The Morgan fingerprint density at radius 2 is 1.69 bits per heavy atom. The van der Waals surface area contributed by atoms with Crippen molar-refractivity contribution in [2.45, 2.75) is 31.7 Å². The quantitative estimate of drug-likeness (QED) is 0.358. The van der Waals surface area contributed by atoms with Gasteiger partial charge < -0.3 is 5.32 Å². The lowest BCUT2D eigenvalue weighted by Crippen LogP contribution is -2.35. The van der Waals surface area contributed by atoms with Crippen molar-refractivity contribution in [3.05, 3.63) is 75.0 Å². The van der Waals surface area contributed by atoms with Gasteiger partial charge in [0, 0.05) is 25.8 Å². The van der Waals surface area contributed by atoms with Gasteiger partial charge in [0.1, 0.15) is 0 Å². The minimum absolute atomic E-state index is 0.0719. The molecule has 5 nitrogen and oxygen atoms in total. The number of allylic oxidation sites excluding steroid dienone is 2. The molecular formula is C23H37N3O2S. The van der Waals surface area contributed by atoms with Crippen LogP contribution >= 0.6 is 0 Å². The van der Waals surface area contributed by atoms with Crippen molar-refractivity contribution in [3.63, 3.8) is 0 Å². The number of rotatable bonds is 14. The van der Waals surface area contributed by atoms with Crippen LogP contribution in [0, 0.1) is 11.8 Å². The molecule has 6 heteroatoms. The van der Waals surface area contributed by atoms with E-state index < -0.39 is 10.0 Å². The lowest BCUT2D eigenvalue weighted by Gasteiger charge is -2.23. The molecule has 1 aromatic heterocycles. The molecule has 0 fully saturated rings. The number of hydrogen-bond donors (Lipinski definition) is 1. The first-order valence-electron chi connectivity index (χ1n) is 9.88. The monoisotopic (exact) mass is 419 g/mol. The second-order valence-electron chi connectivity index (χ2n) is 6.98. The number of nitrogens with one attached hydrogen (secondary N) is 1. The molecule has 0 saturated heterocycles. The van der Waals surface area contributed by atoms with Gasteiger partial charge in [-0.25, -0.2) is 13.4 Å². The molecular weight excluding hydrogens is 382 g/mol. The normalized spacial score (nSPS) is 12.9. The summed E-state index contributed by atoms with van der Waals surface area (Å²) in [6, 6.07) is 4.86. The topological polar surface area (TPSA) is 62.3 Å². The van der Waals surface area contributed by atoms with Crippen molar-refractivity contribution in [2.75, 3.05) is 26.2 Å². The molecule has 29 heavy (non-hydrogen) atoms. The molecule has 1 heterocycles. The Balaban J connectivity index is 0.000000665. The molecule has 2 atom stereocenters. The summed E-state index contributed by atoms with van der Waals surface area (Å²) in [4.78, 5) is 3.92. The van der Waals surface area contributed by atoms with E-state index in [1.54, 1.807) is 24.3 Å². The maximum Gasteiger partial charge on any atom is 0.260 e. The van der Waals surface area contributed by atoms with Crippen LogP contribution in [-0.2, 0) is 10.0 Å². The summed E-state index contributed by atoms with van der Waals surface area (Å²) < 4.78 is 26.3. The summed E-state index contributed by atoms with van der Waals surface area (Å²) >= 11 is 0. The summed E-state index contributed by atoms with van der Waals surface area (Å²) in [5, 5.41) is 3.33. The Labute approximate surface area is 178 Å². The van der Waals surface area contributed by atoms with Gasteiger partial charge in [-0.05, 0) is 43.4 Å². The van der Waals surface area contributed by atoms with E-state index in [2.05, 4.69) is 43.5 Å². The predicted molar refractivity (Wildman–Crippen MR) is 124 cm³/mol. The van der Waals surface area contributed by atoms with Crippen molar-refractivity contribution in [2.24, 2.45) is 11.8 Å². The van der Waals surface area contributed by atoms with E-state index in [1.807, 2.05) is 19.1 Å². The number of nitrogens with zero attached hydrogens (tertiary/aromatic N) is 2. The van der Waals surface area contributed by atoms with Crippen molar-refractivity contribution >= 4 is 10.0 Å². The largest absolute Gasteiger partial charge is 0.313 e. The molecule has 0 aliphatic carbocycles. The molecule has 1 rings (SSSR count). The van der Waals surface area contributed by atoms with Crippen molar-refractivity contribution in [1.82, 2.24) is 14.6 Å². The lowest BCUT2D eigenvalue weighted by molar-refractivity contribution is 0.378. The molecule has 0 aromatic carbocycles. The molecule has 1 N–H and O–H groups in total. The summed E-state index contributed by atoms with van der Waals surface area (Å²) in [7, 11) is -3.56. The molecule has 0 amide bonds. The van der Waals surface area contributed by atoms with Gasteiger partial charge in [-0.3, -0.25) is 0 Å². The molecule has 0 spiro atoms. The van der Waals surface area contributed by atoms with Gasteiger partial charge >= 0.3 is 0 Å². The molecule has 0 saturated carbocycles. The first-order valence-corrected chi connectivity index (χ1v) is 11.3. The first-order chi connectivity index (χ1) is 13.8. The predicted octanol–water partition coefficient (Wildman–Crippen LogP) is 4.44. The maximum absolute atomic E-state index is 12.5. The average Bonchev–Trinajstić information content (AvgIpc) is 2.69.